The van der Waals surface area contributed by atoms with E-state index in [-0.39, 0.29) is 17.9 Å². The molecule has 5 heteroatoms. The zero-order valence-electron chi connectivity index (χ0n) is 16.5. The number of nitrogens with zero attached hydrogens (tertiary/aromatic N) is 3. The van der Waals surface area contributed by atoms with Gasteiger partial charge in [0.25, 0.3) is 5.91 Å². The van der Waals surface area contributed by atoms with Gasteiger partial charge >= 0.3 is 0 Å². The standard InChI is InChI=1S/C22H29N3O2/c1-22(2,3)18-7-9-20(10-8-18)27-17-21(26)25-14-12-24(13-15-25)16-19-6-4-5-11-23-19/h4-11H,12-17H2,1-3H3. The summed E-state index contributed by atoms with van der Waals surface area (Å²) in [5.74, 6) is 0.789. The predicted molar refractivity (Wildman–Crippen MR) is 107 cm³/mol. The van der Waals surface area contributed by atoms with Crippen LogP contribution in [0.4, 0.5) is 0 Å². The van der Waals surface area contributed by atoms with Crippen molar-refractivity contribution < 1.29 is 9.53 Å². The second kappa shape index (κ2) is 8.53. The molecule has 0 atom stereocenters. The lowest BCUT2D eigenvalue weighted by molar-refractivity contribution is -0.135. The highest BCUT2D eigenvalue weighted by atomic mass is 16.5. The quantitative estimate of drug-likeness (QED) is 0.815. The van der Waals surface area contributed by atoms with E-state index in [1.807, 2.05) is 41.4 Å². The summed E-state index contributed by atoms with van der Waals surface area (Å²) >= 11 is 0. The van der Waals surface area contributed by atoms with Crippen molar-refractivity contribution in [2.75, 3.05) is 32.8 Å². The molecule has 1 aliphatic rings. The molecule has 1 fully saturated rings. The molecule has 1 aliphatic heterocycles. The number of aromatic nitrogens is 1. The second-order valence-corrected chi connectivity index (χ2v) is 8.04. The van der Waals surface area contributed by atoms with Crippen molar-refractivity contribution in [3.05, 3.63) is 59.9 Å². The lowest BCUT2D eigenvalue weighted by Crippen LogP contribution is -2.49. The number of amides is 1. The van der Waals surface area contributed by atoms with E-state index >= 15 is 0 Å². The minimum Gasteiger partial charge on any atom is -0.484 e. The maximum Gasteiger partial charge on any atom is 0.260 e. The molecule has 1 aromatic carbocycles. The molecule has 0 radical (unpaired) electrons. The van der Waals surface area contributed by atoms with E-state index in [4.69, 9.17) is 4.74 Å². The number of pyridine rings is 1. The Labute approximate surface area is 162 Å². The molecular formula is C22H29N3O2. The van der Waals surface area contributed by atoms with Crippen molar-refractivity contribution in [3.63, 3.8) is 0 Å². The predicted octanol–water partition coefficient (Wildman–Crippen LogP) is 3.10. The molecule has 1 amide bonds. The first kappa shape index (κ1) is 19.4. The van der Waals surface area contributed by atoms with Gasteiger partial charge in [-0.3, -0.25) is 14.7 Å². The molecule has 0 unspecified atom stereocenters. The number of hydrogen-bond donors (Lipinski definition) is 0. The van der Waals surface area contributed by atoms with Gasteiger partial charge in [-0.15, -0.1) is 0 Å². The molecule has 1 saturated heterocycles. The Morgan fingerprint density at radius 2 is 1.74 bits per heavy atom. The Morgan fingerprint density at radius 1 is 1.04 bits per heavy atom. The lowest BCUT2D eigenvalue weighted by Gasteiger charge is -2.34. The van der Waals surface area contributed by atoms with Crippen LogP contribution < -0.4 is 4.74 Å². The van der Waals surface area contributed by atoms with Crippen molar-refractivity contribution in [1.29, 1.82) is 0 Å². The fourth-order valence-corrected chi connectivity index (χ4v) is 3.16. The smallest absolute Gasteiger partial charge is 0.260 e. The number of carbonyl (C=O) groups excluding carboxylic acids is 1. The average molecular weight is 367 g/mol. The molecule has 0 spiro atoms. The first-order valence-electron chi connectivity index (χ1n) is 9.55. The first-order chi connectivity index (χ1) is 12.9. The highest BCUT2D eigenvalue weighted by molar-refractivity contribution is 5.77. The fraction of sp³-hybridized carbons (Fsp3) is 0.455. The van der Waals surface area contributed by atoms with Gasteiger partial charge in [0.05, 0.1) is 5.69 Å². The first-order valence-corrected chi connectivity index (χ1v) is 9.55. The van der Waals surface area contributed by atoms with Crippen LogP contribution >= 0.6 is 0 Å². The van der Waals surface area contributed by atoms with Crippen molar-refractivity contribution in [2.24, 2.45) is 0 Å². The maximum atomic E-state index is 12.4. The maximum absolute atomic E-state index is 12.4. The van der Waals surface area contributed by atoms with Gasteiger partial charge in [-0.2, -0.15) is 0 Å². The molecule has 0 aliphatic carbocycles. The van der Waals surface area contributed by atoms with Crippen molar-refractivity contribution in [3.8, 4) is 5.75 Å². The molecule has 0 bridgehead atoms. The minimum atomic E-state index is 0.0485. The van der Waals surface area contributed by atoms with Crippen molar-refractivity contribution in [2.45, 2.75) is 32.7 Å². The van der Waals surface area contributed by atoms with E-state index in [1.54, 1.807) is 0 Å². The molecule has 2 aromatic rings. The molecule has 2 heterocycles. The fourth-order valence-electron chi connectivity index (χ4n) is 3.16. The summed E-state index contributed by atoms with van der Waals surface area (Å²) < 4.78 is 5.70. The molecule has 3 rings (SSSR count). The van der Waals surface area contributed by atoms with Crippen LogP contribution in [0.1, 0.15) is 32.0 Å². The zero-order valence-corrected chi connectivity index (χ0v) is 16.5. The van der Waals surface area contributed by atoms with Gasteiger partial charge in [0, 0.05) is 38.9 Å². The summed E-state index contributed by atoms with van der Waals surface area (Å²) in [5, 5.41) is 0. The van der Waals surface area contributed by atoms with Gasteiger partial charge in [0.1, 0.15) is 5.75 Å². The average Bonchev–Trinajstić information content (AvgIpc) is 2.67. The van der Waals surface area contributed by atoms with Crippen LogP contribution in [-0.2, 0) is 16.8 Å². The van der Waals surface area contributed by atoms with E-state index < -0.39 is 0 Å². The summed E-state index contributed by atoms with van der Waals surface area (Å²) in [5.41, 5.74) is 2.44. The highest BCUT2D eigenvalue weighted by Crippen LogP contribution is 2.24. The number of rotatable bonds is 5. The summed E-state index contributed by atoms with van der Waals surface area (Å²) in [6, 6.07) is 14.0. The minimum absolute atomic E-state index is 0.0485. The normalized spacial score (nSPS) is 15.6. The van der Waals surface area contributed by atoms with Crippen LogP contribution in [-0.4, -0.2) is 53.5 Å². The van der Waals surface area contributed by atoms with Crippen LogP contribution in [0.2, 0.25) is 0 Å². The highest BCUT2D eigenvalue weighted by Gasteiger charge is 2.21. The lowest BCUT2D eigenvalue weighted by atomic mass is 9.87. The van der Waals surface area contributed by atoms with Crippen molar-refractivity contribution in [1.82, 2.24) is 14.8 Å². The van der Waals surface area contributed by atoms with Crippen LogP contribution in [0.15, 0.2) is 48.7 Å². The van der Waals surface area contributed by atoms with E-state index in [0.717, 1.165) is 44.2 Å². The summed E-state index contributed by atoms with van der Waals surface area (Å²) in [6.07, 6.45) is 1.82. The number of piperazine rings is 1. The number of benzene rings is 1. The van der Waals surface area contributed by atoms with Crippen LogP contribution in [0.25, 0.3) is 0 Å². The molecule has 1 aromatic heterocycles. The van der Waals surface area contributed by atoms with Gasteiger partial charge < -0.3 is 9.64 Å². The monoisotopic (exact) mass is 367 g/mol. The van der Waals surface area contributed by atoms with Crippen LogP contribution in [0.5, 0.6) is 5.75 Å². The summed E-state index contributed by atoms with van der Waals surface area (Å²) in [7, 11) is 0. The molecule has 5 nitrogen and oxygen atoms in total. The second-order valence-electron chi connectivity index (χ2n) is 8.04. The third kappa shape index (κ3) is 5.54. The van der Waals surface area contributed by atoms with Gasteiger partial charge in [-0.05, 0) is 35.2 Å². The third-order valence-corrected chi connectivity index (χ3v) is 4.92. The van der Waals surface area contributed by atoms with Gasteiger partial charge in [0.15, 0.2) is 6.61 Å². The number of carbonyl (C=O) groups is 1. The van der Waals surface area contributed by atoms with E-state index in [0.29, 0.717) is 0 Å². The Bertz CT molecular complexity index is 730. The van der Waals surface area contributed by atoms with Gasteiger partial charge in [-0.1, -0.05) is 39.0 Å². The van der Waals surface area contributed by atoms with Gasteiger partial charge in [0.2, 0.25) is 0 Å². The molecular weight excluding hydrogens is 338 g/mol. The Kier molecular flexibility index (Phi) is 6.11. The molecule has 27 heavy (non-hydrogen) atoms. The Balaban J connectivity index is 1.43. The Hall–Kier alpha value is -2.40. The summed E-state index contributed by atoms with van der Waals surface area (Å²) in [6.45, 7) is 10.7. The third-order valence-electron chi connectivity index (χ3n) is 4.92. The van der Waals surface area contributed by atoms with Crippen LogP contribution in [0.3, 0.4) is 0 Å². The summed E-state index contributed by atoms with van der Waals surface area (Å²) in [4.78, 5) is 21.0. The molecule has 0 N–H and O–H groups in total. The van der Waals surface area contributed by atoms with Gasteiger partial charge in [-0.25, -0.2) is 0 Å². The Morgan fingerprint density at radius 3 is 2.33 bits per heavy atom. The SMILES string of the molecule is CC(C)(C)c1ccc(OCC(=O)N2CCN(Cc3ccccn3)CC2)cc1. The number of ether oxygens (including phenoxy) is 1. The van der Waals surface area contributed by atoms with Crippen LogP contribution in [0, 0.1) is 0 Å². The topological polar surface area (TPSA) is 45.7 Å². The largest absolute Gasteiger partial charge is 0.484 e. The molecule has 144 valence electrons. The number of hydrogen-bond acceptors (Lipinski definition) is 4. The molecule has 0 saturated carbocycles. The van der Waals surface area contributed by atoms with E-state index in [1.165, 1.54) is 5.56 Å². The van der Waals surface area contributed by atoms with E-state index in [9.17, 15) is 4.79 Å². The zero-order chi connectivity index (χ0) is 19.3. The van der Waals surface area contributed by atoms with Crippen molar-refractivity contribution >= 4 is 5.91 Å². The van der Waals surface area contributed by atoms with E-state index in [2.05, 4.69) is 42.8 Å².